The number of non-ortho nitro benzene ring substituents is 1. The van der Waals surface area contributed by atoms with Gasteiger partial charge in [0.2, 0.25) is 21.8 Å². The van der Waals surface area contributed by atoms with Crippen molar-refractivity contribution in [2.45, 2.75) is 39.8 Å². The van der Waals surface area contributed by atoms with Crippen LogP contribution in [0.25, 0.3) is 0 Å². The maximum absolute atomic E-state index is 13.5. The Morgan fingerprint density at radius 2 is 1.82 bits per heavy atom. The van der Waals surface area contributed by atoms with Crippen molar-refractivity contribution in [2.75, 3.05) is 24.2 Å². The van der Waals surface area contributed by atoms with E-state index in [9.17, 15) is 28.1 Å². The Balaban J connectivity index is 2.52. The third-order valence-electron chi connectivity index (χ3n) is 5.42. The van der Waals surface area contributed by atoms with Crippen molar-refractivity contribution in [1.29, 1.82) is 0 Å². The van der Waals surface area contributed by atoms with Gasteiger partial charge in [0.25, 0.3) is 5.69 Å². The second-order valence-corrected chi connectivity index (χ2v) is 9.95. The number of anilines is 1. The Morgan fingerprint density at radius 1 is 1.15 bits per heavy atom. The van der Waals surface area contributed by atoms with Crippen LogP contribution in [0.1, 0.15) is 30.0 Å². The quantitative estimate of drug-likeness (QED) is 0.402. The standard InChI is InChI=1S/C23H30N4O6S/c1-6-20(23(29)24-4)25(14-18-9-7-8-16(2)12-18)22(28)15-26(34(5,32)33)21-13-19(27(30)31)11-10-17(21)3/h7-13,20H,6,14-15H2,1-5H3,(H,24,29)/t20-/m0/s1. The number of carbonyl (C=O) groups excluding carboxylic acids is 2. The van der Waals surface area contributed by atoms with Crippen molar-refractivity contribution in [2.24, 2.45) is 0 Å². The molecule has 0 aliphatic heterocycles. The molecule has 0 radical (unpaired) electrons. The van der Waals surface area contributed by atoms with Crippen LogP contribution in [0.15, 0.2) is 42.5 Å². The van der Waals surface area contributed by atoms with E-state index in [0.717, 1.165) is 27.8 Å². The highest BCUT2D eigenvalue weighted by Gasteiger charge is 2.32. The van der Waals surface area contributed by atoms with Crippen molar-refractivity contribution >= 4 is 33.2 Å². The van der Waals surface area contributed by atoms with Gasteiger partial charge >= 0.3 is 0 Å². The van der Waals surface area contributed by atoms with Crippen LogP contribution >= 0.6 is 0 Å². The molecule has 34 heavy (non-hydrogen) atoms. The zero-order chi connectivity index (χ0) is 25.6. The SMILES string of the molecule is CC[C@@H](C(=O)NC)N(Cc1cccc(C)c1)C(=O)CN(c1cc([N+](=O)[O-])ccc1C)S(C)(=O)=O. The van der Waals surface area contributed by atoms with Crippen LogP contribution in [0.2, 0.25) is 0 Å². The van der Waals surface area contributed by atoms with E-state index in [1.54, 1.807) is 13.8 Å². The number of nitrogens with one attached hydrogen (secondary N) is 1. The summed E-state index contributed by atoms with van der Waals surface area (Å²) in [5.74, 6) is -0.978. The first-order valence-electron chi connectivity index (χ1n) is 10.7. The molecule has 11 heteroatoms. The molecule has 184 valence electrons. The summed E-state index contributed by atoms with van der Waals surface area (Å²) < 4.78 is 26.2. The van der Waals surface area contributed by atoms with Crippen LogP contribution in [0, 0.1) is 24.0 Å². The van der Waals surface area contributed by atoms with Crippen molar-refractivity contribution in [3.8, 4) is 0 Å². The van der Waals surface area contributed by atoms with Gasteiger partial charge in [0, 0.05) is 25.7 Å². The van der Waals surface area contributed by atoms with Gasteiger partial charge in [-0.25, -0.2) is 8.42 Å². The van der Waals surface area contributed by atoms with E-state index in [-0.39, 0.29) is 23.8 Å². The molecular weight excluding hydrogens is 460 g/mol. The van der Waals surface area contributed by atoms with Crippen LogP contribution in [-0.2, 0) is 26.2 Å². The fraction of sp³-hybridized carbons (Fsp3) is 0.391. The topological polar surface area (TPSA) is 130 Å². The molecule has 0 heterocycles. The lowest BCUT2D eigenvalue weighted by molar-refractivity contribution is -0.384. The Morgan fingerprint density at radius 3 is 2.35 bits per heavy atom. The molecule has 0 saturated heterocycles. The molecule has 2 rings (SSSR count). The molecule has 0 aliphatic rings. The third-order valence-corrected chi connectivity index (χ3v) is 6.55. The Hall–Kier alpha value is -3.47. The number of carbonyl (C=O) groups is 2. The molecule has 0 aliphatic carbocycles. The first kappa shape index (κ1) is 26.8. The van der Waals surface area contributed by atoms with Gasteiger partial charge in [0.15, 0.2) is 0 Å². The number of sulfonamides is 1. The summed E-state index contributed by atoms with van der Waals surface area (Å²) in [4.78, 5) is 38.0. The maximum atomic E-state index is 13.5. The number of nitro benzene ring substituents is 1. The Bertz CT molecular complexity index is 1180. The van der Waals surface area contributed by atoms with Gasteiger partial charge in [-0.15, -0.1) is 0 Å². The first-order valence-corrected chi connectivity index (χ1v) is 12.5. The molecular formula is C23H30N4O6S. The van der Waals surface area contributed by atoms with Crippen molar-refractivity contribution in [1.82, 2.24) is 10.2 Å². The number of nitro groups is 1. The number of amides is 2. The highest BCUT2D eigenvalue weighted by atomic mass is 32.2. The molecule has 1 atom stereocenters. The second-order valence-electron chi connectivity index (χ2n) is 8.05. The van der Waals surface area contributed by atoms with E-state index in [1.165, 1.54) is 24.1 Å². The van der Waals surface area contributed by atoms with Crippen molar-refractivity contribution < 1.29 is 22.9 Å². The van der Waals surface area contributed by atoms with E-state index in [2.05, 4.69) is 5.32 Å². The van der Waals surface area contributed by atoms with Gasteiger partial charge in [0.05, 0.1) is 16.9 Å². The molecule has 0 aromatic heterocycles. The number of hydrogen-bond donors (Lipinski definition) is 1. The van der Waals surface area contributed by atoms with E-state index in [1.807, 2.05) is 31.2 Å². The average molecular weight is 491 g/mol. The highest BCUT2D eigenvalue weighted by molar-refractivity contribution is 7.92. The van der Waals surface area contributed by atoms with E-state index < -0.39 is 33.4 Å². The highest BCUT2D eigenvalue weighted by Crippen LogP contribution is 2.28. The van der Waals surface area contributed by atoms with Crippen LogP contribution in [-0.4, -0.2) is 55.9 Å². The summed E-state index contributed by atoms with van der Waals surface area (Å²) in [5, 5.41) is 13.8. The van der Waals surface area contributed by atoms with Crippen molar-refractivity contribution in [3.05, 3.63) is 69.3 Å². The second kappa shape index (κ2) is 11.1. The molecule has 2 amide bonds. The Labute approximate surface area is 199 Å². The average Bonchev–Trinajstić information content (AvgIpc) is 2.76. The number of likely N-dealkylation sites (N-methyl/N-ethyl adjacent to an activating group) is 1. The minimum Gasteiger partial charge on any atom is -0.357 e. The normalized spacial score (nSPS) is 12.0. The van der Waals surface area contributed by atoms with Crippen molar-refractivity contribution in [3.63, 3.8) is 0 Å². The fourth-order valence-electron chi connectivity index (χ4n) is 3.67. The summed E-state index contributed by atoms with van der Waals surface area (Å²) in [6.45, 7) is 4.75. The molecule has 0 spiro atoms. The van der Waals surface area contributed by atoms with Crippen LogP contribution in [0.4, 0.5) is 11.4 Å². The number of nitrogens with zero attached hydrogens (tertiary/aromatic N) is 3. The van der Waals surface area contributed by atoms with E-state index >= 15 is 0 Å². The van der Waals surface area contributed by atoms with Gasteiger partial charge in [-0.1, -0.05) is 42.8 Å². The summed E-state index contributed by atoms with van der Waals surface area (Å²) in [5.41, 5.74) is 1.95. The maximum Gasteiger partial charge on any atom is 0.271 e. The van der Waals surface area contributed by atoms with Gasteiger partial charge < -0.3 is 10.2 Å². The molecule has 0 bridgehead atoms. The smallest absolute Gasteiger partial charge is 0.271 e. The molecule has 1 N–H and O–H groups in total. The number of rotatable bonds is 10. The van der Waals surface area contributed by atoms with Crippen LogP contribution < -0.4 is 9.62 Å². The predicted octanol–water partition coefficient (Wildman–Crippen LogP) is 2.53. The monoisotopic (exact) mass is 490 g/mol. The fourth-order valence-corrected chi connectivity index (χ4v) is 4.57. The van der Waals surface area contributed by atoms with Crippen LogP contribution in [0.3, 0.4) is 0 Å². The van der Waals surface area contributed by atoms with Crippen LogP contribution in [0.5, 0.6) is 0 Å². The molecule has 2 aromatic carbocycles. The lowest BCUT2D eigenvalue weighted by atomic mass is 10.1. The zero-order valence-corrected chi connectivity index (χ0v) is 20.8. The molecule has 0 fully saturated rings. The Kier molecular flexibility index (Phi) is 8.74. The molecule has 10 nitrogen and oxygen atoms in total. The van der Waals surface area contributed by atoms with Gasteiger partial charge in [-0.3, -0.25) is 24.0 Å². The zero-order valence-electron chi connectivity index (χ0n) is 19.9. The predicted molar refractivity (Wildman–Crippen MR) is 130 cm³/mol. The van der Waals surface area contributed by atoms with E-state index in [4.69, 9.17) is 0 Å². The van der Waals surface area contributed by atoms with Gasteiger partial charge in [-0.05, 0) is 31.4 Å². The molecule has 0 unspecified atom stereocenters. The van der Waals surface area contributed by atoms with Gasteiger partial charge in [0.1, 0.15) is 12.6 Å². The minimum absolute atomic E-state index is 0.0357. The first-order chi connectivity index (χ1) is 15.9. The summed E-state index contributed by atoms with van der Waals surface area (Å²) in [6.07, 6.45) is 1.24. The lowest BCUT2D eigenvalue weighted by Gasteiger charge is -2.33. The summed E-state index contributed by atoms with van der Waals surface area (Å²) >= 11 is 0. The minimum atomic E-state index is -3.99. The molecule has 0 saturated carbocycles. The summed E-state index contributed by atoms with van der Waals surface area (Å²) in [7, 11) is -2.52. The molecule has 2 aromatic rings. The summed E-state index contributed by atoms with van der Waals surface area (Å²) in [6, 6.07) is 10.4. The van der Waals surface area contributed by atoms with E-state index in [0.29, 0.717) is 12.0 Å². The number of aryl methyl sites for hydroxylation is 2. The lowest BCUT2D eigenvalue weighted by Crippen LogP contribution is -2.51. The van der Waals surface area contributed by atoms with Gasteiger partial charge in [-0.2, -0.15) is 0 Å². The number of benzene rings is 2. The largest absolute Gasteiger partial charge is 0.357 e. The third kappa shape index (κ3) is 6.53. The number of hydrogen-bond acceptors (Lipinski definition) is 6.